The van der Waals surface area contributed by atoms with Gasteiger partial charge in [-0.2, -0.15) is 0 Å². The molecule has 1 heterocycles. The van der Waals surface area contributed by atoms with Crippen molar-refractivity contribution in [3.8, 4) is 16.9 Å². The van der Waals surface area contributed by atoms with Crippen LogP contribution < -0.4 is 4.74 Å². The summed E-state index contributed by atoms with van der Waals surface area (Å²) in [6.45, 7) is -1.61. The van der Waals surface area contributed by atoms with Gasteiger partial charge in [0.15, 0.2) is 0 Å². The number of carbonyl (C=O) groups excluding carboxylic acids is 1. The predicted molar refractivity (Wildman–Crippen MR) is 183 cm³/mol. The van der Waals surface area contributed by atoms with Crippen LogP contribution in [0, 0.1) is 0 Å². The average molecular weight is 720 g/mol. The number of hydrogen-bond donors (Lipinski definition) is 6. The molecule has 5 rings (SSSR count). The van der Waals surface area contributed by atoms with Gasteiger partial charge in [0.05, 0.1) is 24.9 Å². The van der Waals surface area contributed by atoms with Gasteiger partial charge in [0.2, 0.25) is 5.91 Å². The van der Waals surface area contributed by atoms with Gasteiger partial charge in [0.1, 0.15) is 36.8 Å². The van der Waals surface area contributed by atoms with Crippen LogP contribution in [0.15, 0.2) is 54.9 Å². The van der Waals surface area contributed by atoms with Gasteiger partial charge in [0, 0.05) is 46.7 Å². The minimum atomic E-state index is -1.82. The lowest BCUT2D eigenvalue weighted by Gasteiger charge is -2.30. The molecule has 266 valence electrons. The Kier molecular flexibility index (Phi) is 12.9. The van der Waals surface area contributed by atoms with Gasteiger partial charge < -0.3 is 45.0 Å². The molecule has 0 aliphatic heterocycles. The minimum absolute atomic E-state index is 0.148. The fraction of sp³-hybridized carbons (Fsp3) is 0.500. The molecule has 0 radical (unpaired) electrons. The monoisotopic (exact) mass is 718 g/mol. The molecule has 0 saturated heterocycles. The molecule has 1 amide bonds. The number of carbonyl (C=O) groups is 1. The van der Waals surface area contributed by atoms with Crippen molar-refractivity contribution in [3.63, 3.8) is 0 Å². The molecule has 2 fully saturated rings. The van der Waals surface area contributed by atoms with E-state index in [4.69, 9.17) is 37.8 Å². The van der Waals surface area contributed by atoms with Crippen LogP contribution in [0.1, 0.15) is 55.2 Å². The number of unbranched alkanes of at least 4 members (excludes halogenated alkanes) is 1. The first-order valence-corrected chi connectivity index (χ1v) is 17.4. The molecule has 11 nitrogen and oxygen atoms in total. The van der Waals surface area contributed by atoms with Crippen LogP contribution >= 0.6 is 23.2 Å². The number of benzene rings is 2. The average Bonchev–Trinajstić information content (AvgIpc) is 4.06. The van der Waals surface area contributed by atoms with E-state index in [1.807, 2.05) is 42.6 Å². The van der Waals surface area contributed by atoms with Crippen LogP contribution in [0.3, 0.4) is 0 Å². The Hall–Kier alpha value is -2.84. The zero-order valence-electron chi connectivity index (χ0n) is 27.1. The summed E-state index contributed by atoms with van der Waals surface area (Å²) in [6, 6.07) is 13.7. The molecule has 0 bridgehead atoms. The molecular weight excluding hydrogens is 675 g/mol. The summed E-state index contributed by atoms with van der Waals surface area (Å²) in [6.07, 6.45) is 2.44. The molecule has 2 saturated carbocycles. The van der Waals surface area contributed by atoms with E-state index >= 15 is 0 Å². The number of rotatable bonds is 19. The molecule has 2 aliphatic carbocycles. The van der Waals surface area contributed by atoms with Crippen LogP contribution in [0.4, 0.5) is 0 Å². The molecule has 13 heteroatoms. The van der Waals surface area contributed by atoms with Gasteiger partial charge in [-0.1, -0.05) is 41.4 Å². The van der Waals surface area contributed by atoms with Crippen molar-refractivity contribution in [1.29, 1.82) is 0 Å². The van der Waals surface area contributed by atoms with Gasteiger partial charge in [-0.3, -0.25) is 9.78 Å². The highest BCUT2D eigenvalue weighted by Crippen LogP contribution is 2.53. The zero-order valence-corrected chi connectivity index (χ0v) is 28.6. The number of ether oxygens (including phenoxy) is 2. The second-order valence-electron chi connectivity index (χ2n) is 12.8. The van der Waals surface area contributed by atoms with Crippen molar-refractivity contribution >= 4 is 29.1 Å². The van der Waals surface area contributed by atoms with Gasteiger partial charge >= 0.3 is 0 Å². The van der Waals surface area contributed by atoms with Crippen molar-refractivity contribution in [2.45, 2.75) is 87.7 Å². The Morgan fingerprint density at radius 2 is 1.63 bits per heavy atom. The van der Waals surface area contributed by atoms with Crippen molar-refractivity contribution in [2.75, 3.05) is 26.3 Å². The number of hydrogen-bond acceptors (Lipinski definition) is 10. The van der Waals surface area contributed by atoms with Crippen molar-refractivity contribution < 1.29 is 44.9 Å². The number of aromatic nitrogens is 1. The maximum absolute atomic E-state index is 12.3. The largest absolute Gasteiger partial charge is 0.490 e. The van der Waals surface area contributed by atoms with Gasteiger partial charge in [-0.15, -0.1) is 0 Å². The van der Waals surface area contributed by atoms with Crippen LogP contribution in [-0.2, 0) is 28.2 Å². The number of para-hydroxylation sites is 1. The normalized spacial score (nSPS) is 17.6. The summed E-state index contributed by atoms with van der Waals surface area (Å²) in [5.41, 5.74) is 4.13. The van der Waals surface area contributed by atoms with E-state index in [2.05, 4.69) is 11.1 Å². The maximum Gasteiger partial charge on any atom is 0.248 e. The van der Waals surface area contributed by atoms with E-state index < -0.39 is 49.1 Å². The van der Waals surface area contributed by atoms with Gasteiger partial charge in [0.25, 0.3) is 0 Å². The Morgan fingerprint density at radius 3 is 2.33 bits per heavy atom. The number of aliphatic hydroxyl groups is 6. The zero-order chi connectivity index (χ0) is 35.1. The van der Waals surface area contributed by atoms with Crippen LogP contribution in [0.2, 0.25) is 10.0 Å². The second-order valence-corrected chi connectivity index (χ2v) is 13.6. The first kappa shape index (κ1) is 37.4. The Labute approximate surface area is 295 Å². The third-order valence-electron chi connectivity index (χ3n) is 9.08. The lowest BCUT2D eigenvalue weighted by atomic mass is 9.96. The highest BCUT2D eigenvalue weighted by molar-refractivity contribution is 6.34. The van der Waals surface area contributed by atoms with E-state index in [1.54, 1.807) is 6.20 Å². The maximum atomic E-state index is 12.3. The van der Waals surface area contributed by atoms with E-state index in [-0.39, 0.29) is 25.8 Å². The van der Waals surface area contributed by atoms with Gasteiger partial charge in [-0.25, -0.2) is 0 Å². The fourth-order valence-corrected chi connectivity index (χ4v) is 6.36. The van der Waals surface area contributed by atoms with Crippen molar-refractivity contribution in [2.24, 2.45) is 0 Å². The fourth-order valence-electron chi connectivity index (χ4n) is 5.83. The Bertz CT molecular complexity index is 1570. The summed E-state index contributed by atoms with van der Waals surface area (Å²) in [4.78, 5) is 17.9. The lowest BCUT2D eigenvalue weighted by molar-refractivity contribution is -0.142. The van der Waals surface area contributed by atoms with E-state index in [9.17, 15) is 30.3 Å². The number of pyridine rings is 1. The molecule has 6 N–H and O–H groups in total. The third-order valence-corrected chi connectivity index (χ3v) is 9.78. The highest BCUT2D eigenvalue weighted by atomic mass is 35.5. The first-order chi connectivity index (χ1) is 23.6. The first-order valence-electron chi connectivity index (χ1n) is 16.6. The predicted octanol–water partition coefficient (Wildman–Crippen LogP) is 3.38. The van der Waals surface area contributed by atoms with E-state index in [1.165, 1.54) is 4.90 Å². The van der Waals surface area contributed by atoms with Crippen LogP contribution in [0.5, 0.6) is 5.75 Å². The topological polar surface area (TPSA) is 173 Å². The van der Waals surface area contributed by atoms with Crippen molar-refractivity contribution in [3.05, 3.63) is 81.6 Å². The number of aryl methyl sites for hydroxylation is 1. The molecular formula is C36H44Cl2N2O9. The molecule has 49 heavy (non-hydrogen) atoms. The Balaban J connectivity index is 1.18. The van der Waals surface area contributed by atoms with Crippen molar-refractivity contribution in [1.82, 2.24) is 9.88 Å². The van der Waals surface area contributed by atoms with Crippen LogP contribution in [0.25, 0.3) is 11.1 Å². The standard InChI is InChI=1S/C36H44Cl2N2O9/c37-28-16-23(21-48-36(11-12-36)27-17-39-13-10-25(27)26-6-1-2-7-32(26)49-24-8-9-24)29(38)15-22(28)5-3-4-14-40(33(45)20-42)18-30(43)34(46)35(47)31(44)19-41/h1-2,6-7,10,13,15-17,24,30-31,34-35,41-44,46-47H,3-5,8-9,11-12,14,18-21H2/t30-,31+,34+,35+/m0/s1. The smallest absolute Gasteiger partial charge is 0.248 e. The summed E-state index contributed by atoms with van der Waals surface area (Å²) in [5.74, 6) is 0.189. The van der Waals surface area contributed by atoms with E-state index in [0.29, 0.717) is 29.3 Å². The number of amides is 1. The molecule has 1 aromatic heterocycles. The second kappa shape index (κ2) is 16.9. The molecule has 0 unspecified atom stereocenters. The molecule has 4 atom stereocenters. The van der Waals surface area contributed by atoms with Gasteiger partial charge in [-0.05, 0) is 85.9 Å². The Morgan fingerprint density at radius 1 is 0.939 bits per heavy atom. The SMILES string of the molecule is O=C(CO)N(CCCCc1cc(Cl)c(COC2(c3cnccc3-c3ccccc3OC3CC3)CC2)cc1Cl)C[C@H](O)[C@@H](O)[C@H](O)[C@H](O)CO. The van der Waals surface area contributed by atoms with Crippen LogP contribution in [-0.4, -0.2) is 103 Å². The summed E-state index contributed by atoms with van der Waals surface area (Å²) >= 11 is 13.4. The summed E-state index contributed by atoms with van der Waals surface area (Å²) in [5, 5.41) is 59.3. The quantitative estimate of drug-likeness (QED) is 0.101. The molecule has 0 spiro atoms. The summed E-state index contributed by atoms with van der Waals surface area (Å²) < 4.78 is 12.8. The number of aliphatic hydroxyl groups excluding tert-OH is 6. The summed E-state index contributed by atoms with van der Waals surface area (Å²) in [7, 11) is 0. The number of halogens is 2. The third kappa shape index (κ3) is 9.49. The molecule has 3 aromatic rings. The molecule has 2 aromatic carbocycles. The van der Waals surface area contributed by atoms with E-state index in [0.717, 1.165) is 59.3 Å². The number of nitrogens with zero attached hydrogens (tertiary/aromatic N) is 2. The lowest BCUT2D eigenvalue weighted by Crippen LogP contribution is -2.51. The highest BCUT2D eigenvalue weighted by Gasteiger charge is 2.48. The minimum Gasteiger partial charge on any atom is -0.490 e. The molecule has 2 aliphatic rings.